The minimum Gasteiger partial charge on any atom is -0.368 e. The van der Waals surface area contributed by atoms with E-state index in [2.05, 4.69) is 45.7 Å². The van der Waals surface area contributed by atoms with Gasteiger partial charge < -0.3 is 20.0 Å². The molecule has 3 aromatic rings. The lowest BCUT2D eigenvalue weighted by Gasteiger charge is -2.41. The number of nitrogens with one attached hydrogen (secondary N) is 1. The molecule has 4 heterocycles. The summed E-state index contributed by atoms with van der Waals surface area (Å²) in [6.45, 7) is 13.6. The monoisotopic (exact) mass is 558 g/mol. The van der Waals surface area contributed by atoms with Crippen LogP contribution in [0.4, 0.5) is 17.3 Å². The summed E-state index contributed by atoms with van der Waals surface area (Å²) in [4.78, 5) is 54.2. The van der Waals surface area contributed by atoms with Crippen molar-refractivity contribution in [1.82, 2.24) is 29.2 Å². The van der Waals surface area contributed by atoms with Crippen molar-refractivity contribution in [2.75, 3.05) is 62.6 Å². The first kappa shape index (κ1) is 28.3. The molecule has 11 nitrogen and oxygen atoms in total. The molecule has 41 heavy (non-hydrogen) atoms. The molecule has 0 saturated carbocycles. The molecule has 216 valence electrons. The number of anilines is 3. The number of fused-ring (bicyclic) bond motifs is 1. The summed E-state index contributed by atoms with van der Waals surface area (Å²) < 4.78 is 1.71. The second-order valence-electron chi connectivity index (χ2n) is 10.5. The molecule has 2 fully saturated rings. The number of hydrogen-bond donors (Lipinski definition) is 1. The van der Waals surface area contributed by atoms with Crippen LogP contribution in [0.5, 0.6) is 0 Å². The van der Waals surface area contributed by atoms with E-state index in [1.165, 1.54) is 6.08 Å². The second-order valence-corrected chi connectivity index (χ2v) is 10.5. The van der Waals surface area contributed by atoms with Crippen LogP contribution in [0.3, 0.4) is 0 Å². The molecule has 1 N–H and O–H groups in total. The SMILES string of the molecule is C=CC(=O)N1CCN(CCn2c(=O)ccc3cnc(Nc4ccc(N5CCN(C(C)=O)CC5)cc4)nc32)[C@@H](CC)C1. The summed E-state index contributed by atoms with van der Waals surface area (Å²) in [5.74, 6) is 0.504. The molecule has 1 aromatic carbocycles. The Hall–Kier alpha value is -4.25. The van der Waals surface area contributed by atoms with Crippen LogP contribution < -0.4 is 15.8 Å². The van der Waals surface area contributed by atoms with Gasteiger partial charge in [0.1, 0.15) is 5.65 Å². The third kappa shape index (κ3) is 6.40. The van der Waals surface area contributed by atoms with Gasteiger partial charge in [0.15, 0.2) is 0 Å². The summed E-state index contributed by atoms with van der Waals surface area (Å²) in [6, 6.07) is 11.6. The largest absolute Gasteiger partial charge is 0.368 e. The zero-order valence-electron chi connectivity index (χ0n) is 23.8. The van der Waals surface area contributed by atoms with E-state index in [0.29, 0.717) is 37.8 Å². The summed E-state index contributed by atoms with van der Waals surface area (Å²) in [6.07, 6.45) is 4.02. The van der Waals surface area contributed by atoms with E-state index in [1.807, 2.05) is 21.9 Å². The zero-order valence-corrected chi connectivity index (χ0v) is 23.8. The maximum Gasteiger partial charge on any atom is 0.252 e. The van der Waals surface area contributed by atoms with Gasteiger partial charge in [-0.15, -0.1) is 0 Å². The van der Waals surface area contributed by atoms with Gasteiger partial charge in [-0.25, -0.2) is 4.98 Å². The van der Waals surface area contributed by atoms with Crippen LogP contribution in [0.25, 0.3) is 11.0 Å². The van der Waals surface area contributed by atoms with Crippen molar-refractivity contribution in [3.05, 3.63) is 65.6 Å². The molecule has 2 amide bonds. The molecule has 2 aromatic heterocycles. The molecule has 0 bridgehead atoms. The fourth-order valence-electron chi connectivity index (χ4n) is 5.64. The van der Waals surface area contributed by atoms with Crippen LogP contribution in [-0.2, 0) is 16.1 Å². The summed E-state index contributed by atoms with van der Waals surface area (Å²) in [7, 11) is 0. The van der Waals surface area contributed by atoms with Crippen molar-refractivity contribution in [3.63, 3.8) is 0 Å². The predicted octanol–water partition coefficient (Wildman–Crippen LogP) is 2.31. The van der Waals surface area contributed by atoms with Crippen molar-refractivity contribution < 1.29 is 9.59 Å². The van der Waals surface area contributed by atoms with Crippen LogP contribution >= 0.6 is 0 Å². The predicted molar refractivity (Wildman–Crippen MR) is 160 cm³/mol. The van der Waals surface area contributed by atoms with Crippen LogP contribution in [0, 0.1) is 0 Å². The molecule has 0 radical (unpaired) electrons. The normalized spacial score (nSPS) is 18.0. The molecule has 0 unspecified atom stereocenters. The average Bonchev–Trinajstić information content (AvgIpc) is 3.00. The van der Waals surface area contributed by atoms with Crippen LogP contribution in [0.15, 0.2) is 60.0 Å². The molecule has 5 rings (SSSR count). The van der Waals surface area contributed by atoms with Gasteiger partial charge in [0.2, 0.25) is 17.8 Å². The van der Waals surface area contributed by atoms with E-state index in [1.54, 1.807) is 29.8 Å². The highest BCUT2D eigenvalue weighted by atomic mass is 16.2. The summed E-state index contributed by atoms with van der Waals surface area (Å²) >= 11 is 0. The standard InChI is InChI=1S/C30H38N8O3/c1-4-25-21-37(27(40)5-2)17-16-35(25)18-19-38-28(41)11-6-23-20-31-30(33-29(23)38)32-24-7-9-26(10-8-24)36-14-12-34(13-15-36)22(3)39/h5-11,20,25H,2,4,12-19,21H2,1,3H3,(H,31,32,33)/t25-/m0/s1. The van der Waals surface area contributed by atoms with Crippen molar-refractivity contribution in [1.29, 1.82) is 0 Å². The molecule has 1 atom stereocenters. The first-order valence-corrected chi connectivity index (χ1v) is 14.3. The first-order chi connectivity index (χ1) is 19.9. The Labute approximate surface area is 240 Å². The van der Waals surface area contributed by atoms with Crippen molar-refractivity contribution in [2.45, 2.75) is 32.9 Å². The lowest BCUT2D eigenvalue weighted by Crippen LogP contribution is -2.55. The topological polar surface area (TPSA) is 107 Å². The molecule has 2 aliphatic heterocycles. The van der Waals surface area contributed by atoms with Gasteiger partial charge in [-0.3, -0.25) is 23.9 Å². The van der Waals surface area contributed by atoms with E-state index >= 15 is 0 Å². The number of hydrogen-bond acceptors (Lipinski definition) is 8. The Morgan fingerprint density at radius 3 is 2.41 bits per heavy atom. The van der Waals surface area contributed by atoms with Gasteiger partial charge in [-0.2, -0.15) is 4.98 Å². The fourth-order valence-corrected chi connectivity index (χ4v) is 5.64. The third-order valence-electron chi connectivity index (χ3n) is 8.11. The van der Waals surface area contributed by atoms with Crippen LogP contribution in [0.2, 0.25) is 0 Å². The van der Waals surface area contributed by atoms with Gasteiger partial charge in [0.05, 0.1) is 0 Å². The Kier molecular flexibility index (Phi) is 8.63. The fraction of sp³-hybridized carbons (Fsp3) is 0.433. The quantitative estimate of drug-likeness (QED) is 0.420. The lowest BCUT2D eigenvalue weighted by molar-refractivity contribution is -0.129. The average molecular weight is 559 g/mol. The molecule has 11 heteroatoms. The maximum absolute atomic E-state index is 12.9. The van der Waals surface area contributed by atoms with Crippen molar-refractivity contribution in [2.24, 2.45) is 0 Å². The van der Waals surface area contributed by atoms with E-state index in [-0.39, 0.29) is 23.4 Å². The Morgan fingerprint density at radius 1 is 1.00 bits per heavy atom. The highest BCUT2D eigenvalue weighted by Gasteiger charge is 2.27. The molecule has 2 saturated heterocycles. The minimum absolute atomic E-state index is 0.0350. The van der Waals surface area contributed by atoms with Gasteiger partial charge in [-0.1, -0.05) is 13.5 Å². The number of pyridine rings is 1. The minimum atomic E-state index is -0.107. The van der Waals surface area contributed by atoms with Gasteiger partial charge in [0, 0.05) is 101 Å². The van der Waals surface area contributed by atoms with Gasteiger partial charge >= 0.3 is 0 Å². The van der Waals surface area contributed by atoms with Crippen LogP contribution in [0.1, 0.15) is 20.3 Å². The highest BCUT2D eigenvalue weighted by molar-refractivity contribution is 5.87. The number of rotatable bonds is 8. The highest BCUT2D eigenvalue weighted by Crippen LogP contribution is 2.22. The number of nitrogens with zero attached hydrogens (tertiary/aromatic N) is 7. The Morgan fingerprint density at radius 2 is 1.73 bits per heavy atom. The molecule has 2 aliphatic rings. The Balaban J connectivity index is 1.27. The summed E-state index contributed by atoms with van der Waals surface area (Å²) in [5, 5.41) is 4.07. The molecule has 0 spiro atoms. The molecule has 0 aliphatic carbocycles. The Bertz CT molecular complexity index is 1460. The van der Waals surface area contributed by atoms with Crippen LogP contribution in [-0.4, -0.2) is 99.4 Å². The number of carbonyl (C=O) groups is 2. The smallest absolute Gasteiger partial charge is 0.252 e. The van der Waals surface area contributed by atoms with E-state index in [4.69, 9.17) is 4.98 Å². The van der Waals surface area contributed by atoms with Crippen molar-refractivity contribution in [3.8, 4) is 0 Å². The van der Waals surface area contributed by atoms with E-state index in [0.717, 1.165) is 55.9 Å². The van der Waals surface area contributed by atoms with Gasteiger partial charge in [-0.05, 0) is 42.8 Å². The number of amides is 2. The summed E-state index contributed by atoms with van der Waals surface area (Å²) in [5.41, 5.74) is 2.43. The molecular weight excluding hydrogens is 520 g/mol. The van der Waals surface area contributed by atoms with E-state index < -0.39 is 0 Å². The maximum atomic E-state index is 12.9. The van der Waals surface area contributed by atoms with Crippen molar-refractivity contribution >= 4 is 40.2 Å². The number of carbonyl (C=O) groups excluding carboxylic acids is 2. The van der Waals surface area contributed by atoms with E-state index in [9.17, 15) is 14.4 Å². The number of aromatic nitrogens is 3. The zero-order chi connectivity index (χ0) is 28.9. The van der Waals surface area contributed by atoms with Gasteiger partial charge in [0.25, 0.3) is 5.56 Å². The number of piperazine rings is 2. The second kappa shape index (κ2) is 12.5. The first-order valence-electron chi connectivity index (χ1n) is 14.3. The third-order valence-corrected chi connectivity index (χ3v) is 8.11. The number of benzene rings is 1. The lowest BCUT2D eigenvalue weighted by atomic mass is 10.1. The molecular formula is C30H38N8O3.